The van der Waals surface area contributed by atoms with Crippen molar-refractivity contribution >= 4 is 22.5 Å². The second-order valence-electron chi connectivity index (χ2n) is 6.20. The molecule has 1 fully saturated rings. The van der Waals surface area contributed by atoms with E-state index in [0.29, 0.717) is 5.65 Å². The maximum absolute atomic E-state index is 13.6. The summed E-state index contributed by atoms with van der Waals surface area (Å²) in [6.45, 7) is 0. The van der Waals surface area contributed by atoms with Crippen LogP contribution in [0.1, 0.15) is 48.6 Å². The van der Waals surface area contributed by atoms with Gasteiger partial charge in [-0.25, -0.2) is 0 Å². The molecule has 1 aliphatic carbocycles. The molecule has 0 bridgehead atoms. The van der Waals surface area contributed by atoms with Gasteiger partial charge in [0.15, 0.2) is 0 Å². The number of fused-ring (bicyclic) bond motifs is 3. The number of pyridine rings is 1. The molecule has 2 aromatic heterocycles. The Balaban J connectivity index is 2.11. The highest BCUT2D eigenvalue weighted by molar-refractivity contribution is 5.96. The number of carbonyl (C=O) groups is 1. The van der Waals surface area contributed by atoms with Crippen LogP contribution in [0.2, 0.25) is 0 Å². The van der Waals surface area contributed by atoms with Crippen LogP contribution >= 0.6 is 0 Å². The van der Waals surface area contributed by atoms with Crippen LogP contribution in [-0.4, -0.2) is 15.5 Å². The van der Waals surface area contributed by atoms with E-state index in [1.54, 1.807) is 10.8 Å². The first-order valence-corrected chi connectivity index (χ1v) is 8.04. The Morgan fingerprint density at radius 2 is 1.91 bits per heavy atom. The van der Waals surface area contributed by atoms with Gasteiger partial charge in [-0.3, -0.25) is 4.79 Å². The van der Waals surface area contributed by atoms with Crippen molar-refractivity contribution in [1.82, 2.24) is 4.40 Å². The molecule has 1 aromatic carbocycles. The zero-order valence-corrected chi connectivity index (χ0v) is 12.7. The number of halogens is 1. The summed E-state index contributed by atoms with van der Waals surface area (Å²) in [7, 11) is 0. The lowest BCUT2D eigenvalue weighted by atomic mass is 9.95. The van der Waals surface area contributed by atoms with Gasteiger partial charge in [-0.2, -0.15) is 13.4 Å². The van der Waals surface area contributed by atoms with Crippen molar-refractivity contribution < 1.29 is 18.9 Å². The van der Waals surface area contributed by atoms with E-state index in [9.17, 15) is 14.3 Å². The fraction of sp³-hybridized carbons (Fsp3) is 0.333. The second kappa shape index (κ2) is 5.33. The molecule has 1 N–H and O–H groups in total. The molecule has 1 saturated carbocycles. The molecule has 0 saturated heterocycles. The molecular weight excluding hydrogens is 295 g/mol. The summed E-state index contributed by atoms with van der Waals surface area (Å²) in [6.07, 6.45) is 6.86. The van der Waals surface area contributed by atoms with E-state index in [0.717, 1.165) is 36.5 Å². The maximum atomic E-state index is 13.6. The van der Waals surface area contributed by atoms with E-state index < -0.39 is 6.04 Å². The minimum Gasteiger partial charge on any atom is -0.474 e. The average Bonchev–Trinajstić information content (AvgIpc) is 2.88. The monoisotopic (exact) mass is 313 g/mol. The highest BCUT2D eigenvalue weighted by Crippen LogP contribution is 2.31. The van der Waals surface area contributed by atoms with Gasteiger partial charge in [0.25, 0.3) is 11.3 Å². The van der Waals surface area contributed by atoms with E-state index in [4.69, 9.17) is 0 Å². The zero-order chi connectivity index (χ0) is 16.0. The van der Waals surface area contributed by atoms with E-state index >= 15 is 0 Å². The topological polar surface area (TPSA) is 45.6 Å². The van der Waals surface area contributed by atoms with Crippen LogP contribution in [0.3, 0.4) is 0 Å². The molecule has 3 aromatic rings. The molecule has 0 radical (unpaired) electrons. The van der Waals surface area contributed by atoms with Gasteiger partial charge in [-0.05, 0) is 43.2 Å². The van der Waals surface area contributed by atoms with Crippen molar-refractivity contribution in [2.24, 2.45) is 0 Å². The van der Waals surface area contributed by atoms with Crippen LogP contribution in [-0.2, 0) is 0 Å². The molecule has 23 heavy (non-hydrogen) atoms. The van der Waals surface area contributed by atoms with Gasteiger partial charge in [0.05, 0.1) is 11.6 Å². The fourth-order valence-corrected chi connectivity index (χ4v) is 3.82. The summed E-state index contributed by atoms with van der Waals surface area (Å²) in [5.41, 5.74) is 0.407. The van der Waals surface area contributed by atoms with Crippen molar-refractivity contribution in [3.05, 3.63) is 42.2 Å². The van der Waals surface area contributed by atoms with Crippen LogP contribution in [0.5, 0.6) is 5.88 Å². The predicted molar refractivity (Wildman–Crippen MR) is 84.3 cm³/mol. The van der Waals surface area contributed by atoms with Gasteiger partial charge in [-0.15, -0.1) is 0 Å². The van der Waals surface area contributed by atoms with Gasteiger partial charge >= 0.3 is 11.9 Å². The highest BCUT2D eigenvalue weighted by Gasteiger charge is 2.36. The van der Waals surface area contributed by atoms with Gasteiger partial charge in [0.2, 0.25) is 0 Å². The Bertz CT molecular complexity index is 910. The number of benzene rings is 1. The summed E-state index contributed by atoms with van der Waals surface area (Å²) in [5.74, 6) is -0.263. The summed E-state index contributed by atoms with van der Waals surface area (Å²) in [5, 5.41) is 12.5. The highest BCUT2D eigenvalue weighted by atomic mass is 19.1. The largest absolute Gasteiger partial charge is 0.474 e. The number of imidazole rings is 1. The van der Waals surface area contributed by atoms with Crippen LogP contribution < -0.4 is 4.57 Å². The van der Waals surface area contributed by atoms with Gasteiger partial charge in [-0.1, -0.05) is 24.6 Å². The minimum absolute atomic E-state index is 0.0951. The van der Waals surface area contributed by atoms with Gasteiger partial charge in [0, 0.05) is 0 Å². The van der Waals surface area contributed by atoms with Crippen LogP contribution in [0.25, 0.3) is 16.4 Å². The standard InChI is InChI=1S/C18H17FN2O2/c19-16(22)15-18(23)21(13-7-2-1-3-8-13)17-14-9-5-4-6-12(14)10-11-20(15)17/h4-6,9-11,13H,1-3,7-8H2/p+1. The maximum Gasteiger partial charge on any atom is 0.379 e. The Labute approximate surface area is 132 Å². The molecule has 0 amide bonds. The number of hydrogen-bond acceptors (Lipinski definition) is 2. The number of aromatic hydroxyl groups is 1. The predicted octanol–water partition coefficient (Wildman–Crippen LogP) is 3.70. The third kappa shape index (κ3) is 2.11. The van der Waals surface area contributed by atoms with Crippen LogP contribution in [0.4, 0.5) is 4.39 Å². The Hall–Kier alpha value is -2.43. The SMILES string of the molecule is O=C(F)c1c(O)[n+](C2CCCCC2)c2c3ccccc3ccn12. The fourth-order valence-electron chi connectivity index (χ4n) is 3.82. The third-order valence-electron chi connectivity index (χ3n) is 4.87. The lowest BCUT2D eigenvalue weighted by Crippen LogP contribution is -2.40. The smallest absolute Gasteiger partial charge is 0.379 e. The molecule has 4 rings (SSSR count). The van der Waals surface area contributed by atoms with E-state index in [1.165, 1.54) is 10.8 Å². The molecule has 2 heterocycles. The lowest BCUT2D eigenvalue weighted by Gasteiger charge is -2.19. The molecule has 5 heteroatoms. The Kier molecular flexibility index (Phi) is 3.29. The number of carbonyl (C=O) groups excluding carboxylic acids is 1. The van der Waals surface area contributed by atoms with E-state index in [2.05, 4.69) is 0 Å². The average molecular weight is 313 g/mol. The molecule has 1 aliphatic rings. The number of aromatic nitrogens is 2. The normalized spacial score (nSPS) is 16.2. The first-order chi connectivity index (χ1) is 11.2. The van der Waals surface area contributed by atoms with E-state index in [1.807, 2.05) is 30.3 Å². The molecule has 0 spiro atoms. The molecular formula is C18H18FN2O2+. The number of rotatable bonds is 2. The van der Waals surface area contributed by atoms with Crippen LogP contribution in [0, 0.1) is 0 Å². The van der Waals surface area contributed by atoms with Gasteiger partial charge < -0.3 is 5.11 Å². The summed E-state index contributed by atoms with van der Waals surface area (Å²) >= 11 is 0. The van der Waals surface area contributed by atoms with Crippen molar-refractivity contribution in [1.29, 1.82) is 0 Å². The van der Waals surface area contributed by atoms with Crippen molar-refractivity contribution in [2.75, 3.05) is 0 Å². The van der Waals surface area contributed by atoms with E-state index in [-0.39, 0.29) is 17.6 Å². The quantitative estimate of drug-likeness (QED) is 0.579. The minimum atomic E-state index is -1.61. The molecule has 0 atom stereocenters. The third-order valence-corrected chi connectivity index (χ3v) is 4.87. The molecule has 4 nitrogen and oxygen atoms in total. The molecule has 0 aliphatic heterocycles. The number of nitrogens with zero attached hydrogens (tertiary/aromatic N) is 2. The summed E-state index contributed by atoms with van der Waals surface area (Å²) in [4.78, 5) is 11.5. The second-order valence-corrected chi connectivity index (χ2v) is 6.20. The zero-order valence-electron chi connectivity index (χ0n) is 12.7. The molecule has 118 valence electrons. The molecule has 0 unspecified atom stereocenters. The Morgan fingerprint density at radius 3 is 2.65 bits per heavy atom. The lowest BCUT2D eigenvalue weighted by molar-refractivity contribution is -0.705. The van der Waals surface area contributed by atoms with Crippen molar-refractivity contribution in [3.63, 3.8) is 0 Å². The first-order valence-electron chi connectivity index (χ1n) is 8.04. The summed E-state index contributed by atoms with van der Waals surface area (Å²) in [6, 6.07) is 8.08. The summed E-state index contributed by atoms with van der Waals surface area (Å²) < 4.78 is 16.8. The van der Waals surface area contributed by atoms with Crippen molar-refractivity contribution in [2.45, 2.75) is 38.1 Å². The van der Waals surface area contributed by atoms with Crippen molar-refractivity contribution in [3.8, 4) is 5.88 Å². The Morgan fingerprint density at radius 1 is 1.17 bits per heavy atom. The van der Waals surface area contributed by atoms with Crippen LogP contribution in [0.15, 0.2) is 36.5 Å². The van der Waals surface area contributed by atoms with Gasteiger partial charge in [0.1, 0.15) is 6.04 Å². The number of hydrogen-bond donors (Lipinski definition) is 1. The first kappa shape index (κ1) is 14.2.